The van der Waals surface area contributed by atoms with Gasteiger partial charge >= 0.3 is 6.09 Å². The number of nitrogens with one attached hydrogen (secondary N) is 1. The number of hydrogen-bond acceptors (Lipinski definition) is 5. The zero-order valence-electron chi connectivity index (χ0n) is 17.6. The maximum absolute atomic E-state index is 12.3. The SMILES string of the molecule is CCCc1c(OC(=O)NCCc2ccc(OC)c(OC)c2)cnn1-c1ccccc1. The van der Waals surface area contributed by atoms with E-state index in [1.165, 1.54) is 0 Å². The molecule has 1 aromatic heterocycles. The van der Waals surface area contributed by atoms with Crippen LogP contribution in [0.5, 0.6) is 17.2 Å². The molecule has 3 rings (SSSR count). The number of hydrogen-bond donors (Lipinski definition) is 1. The van der Waals surface area contributed by atoms with Gasteiger partial charge in [0.25, 0.3) is 0 Å². The minimum atomic E-state index is -0.500. The van der Waals surface area contributed by atoms with Crippen LogP contribution in [0.4, 0.5) is 4.79 Å². The maximum atomic E-state index is 12.3. The maximum Gasteiger partial charge on any atom is 0.412 e. The molecule has 0 saturated carbocycles. The van der Waals surface area contributed by atoms with Crippen LogP contribution in [0.3, 0.4) is 0 Å². The molecule has 0 aliphatic heterocycles. The summed E-state index contributed by atoms with van der Waals surface area (Å²) in [4.78, 5) is 12.3. The highest BCUT2D eigenvalue weighted by Crippen LogP contribution is 2.27. The van der Waals surface area contributed by atoms with Gasteiger partial charge in [0.05, 0.1) is 31.8 Å². The Morgan fingerprint density at radius 3 is 2.47 bits per heavy atom. The molecular formula is C23H27N3O4. The average molecular weight is 409 g/mol. The molecule has 0 bridgehead atoms. The van der Waals surface area contributed by atoms with Gasteiger partial charge in [0.1, 0.15) is 0 Å². The molecule has 158 valence electrons. The standard InChI is InChI=1S/C23H27N3O4/c1-4-8-19-22(16-25-26(19)18-9-6-5-7-10-18)30-23(27)24-14-13-17-11-12-20(28-2)21(15-17)29-3/h5-7,9-12,15-16H,4,8,13-14H2,1-3H3,(H,24,27). The summed E-state index contributed by atoms with van der Waals surface area (Å²) in [5.41, 5.74) is 2.83. The van der Waals surface area contributed by atoms with E-state index in [4.69, 9.17) is 14.2 Å². The summed E-state index contributed by atoms with van der Waals surface area (Å²) in [5, 5.41) is 7.20. The van der Waals surface area contributed by atoms with Crippen LogP contribution < -0.4 is 19.5 Å². The highest BCUT2D eigenvalue weighted by atomic mass is 16.6. The van der Waals surface area contributed by atoms with E-state index in [-0.39, 0.29) is 0 Å². The third-order valence-electron chi connectivity index (χ3n) is 4.65. The summed E-state index contributed by atoms with van der Waals surface area (Å²) in [6.45, 7) is 2.51. The first-order valence-electron chi connectivity index (χ1n) is 9.95. The Labute approximate surface area is 176 Å². The van der Waals surface area contributed by atoms with Crippen molar-refractivity contribution in [2.45, 2.75) is 26.2 Å². The summed E-state index contributed by atoms with van der Waals surface area (Å²) in [7, 11) is 3.20. The number of methoxy groups -OCH3 is 2. The lowest BCUT2D eigenvalue weighted by Gasteiger charge is -2.11. The molecule has 3 aromatic rings. The van der Waals surface area contributed by atoms with E-state index in [2.05, 4.69) is 17.3 Å². The second kappa shape index (κ2) is 10.3. The normalized spacial score (nSPS) is 10.5. The molecule has 30 heavy (non-hydrogen) atoms. The van der Waals surface area contributed by atoms with Gasteiger partial charge in [0.15, 0.2) is 17.2 Å². The van der Waals surface area contributed by atoms with Crippen LogP contribution in [0.15, 0.2) is 54.7 Å². The Kier molecular flexibility index (Phi) is 7.32. The Morgan fingerprint density at radius 1 is 1.00 bits per heavy atom. The molecular weight excluding hydrogens is 382 g/mol. The largest absolute Gasteiger partial charge is 0.493 e. The van der Waals surface area contributed by atoms with Gasteiger partial charge in [-0.1, -0.05) is 37.6 Å². The van der Waals surface area contributed by atoms with E-state index < -0.39 is 6.09 Å². The van der Waals surface area contributed by atoms with E-state index in [1.54, 1.807) is 20.4 Å². The Balaban J connectivity index is 1.61. The number of ether oxygens (including phenoxy) is 3. The number of carbonyl (C=O) groups excluding carboxylic acids is 1. The van der Waals surface area contributed by atoms with Crippen LogP contribution in [-0.2, 0) is 12.8 Å². The van der Waals surface area contributed by atoms with Gasteiger partial charge in [-0.3, -0.25) is 0 Å². The zero-order valence-corrected chi connectivity index (χ0v) is 17.6. The zero-order chi connectivity index (χ0) is 21.3. The number of benzene rings is 2. The average Bonchev–Trinajstić information content (AvgIpc) is 3.16. The number of aromatic nitrogens is 2. The van der Waals surface area contributed by atoms with Crippen LogP contribution in [0.1, 0.15) is 24.6 Å². The van der Waals surface area contributed by atoms with Crippen LogP contribution in [-0.4, -0.2) is 36.6 Å². The number of amides is 1. The first kappa shape index (κ1) is 21.2. The van der Waals surface area contributed by atoms with Crippen molar-refractivity contribution in [2.24, 2.45) is 0 Å². The van der Waals surface area contributed by atoms with Crippen molar-refractivity contribution in [1.29, 1.82) is 0 Å². The van der Waals surface area contributed by atoms with Gasteiger partial charge in [0, 0.05) is 6.54 Å². The van der Waals surface area contributed by atoms with Gasteiger partial charge < -0.3 is 19.5 Å². The molecule has 0 saturated heterocycles. The molecule has 0 spiro atoms. The Bertz CT molecular complexity index is 970. The number of carbonyl (C=O) groups is 1. The molecule has 0 unspecified atom stereocenters. The molecule has 0 aliphatic carbocycles. The summed E-state index contributed by atoms with van der Waals surface area (Å²) in [6, 6.07) is 15.5. The summed E-state index contributed by atoms with van der Waals surface area (Å²) in [6.07, 6.45) is 3.39. The number of nitrogens with zero attached hydrogens (tertiary/aromatic N) is 2. The molecule has 7 heteroatoms. The Morgan fingerprint density at radius 2 is 1.77 bits per heavy atom. The van der Waals surface area contributed by atoms with Crippen molar-refractivity contribution in [3.05, 3.63) is 66.0 Å². The first-order chi connectivity index (χ1) is 14.7. The van der Waals surface area contributed by atoms with Crippen molar-refractivity contribution in [3.8, 4) is 22.9 Å². The third-order valence-corrected chi connectivity index (χ3v) is 4.65. The van der Waals surface area contributed by atoms with Gasteiger partial charge in [-0.25, -0.2) is 9.48 Å². The predicted molar refractivity (Wildman–Crippen MR) is 115 cm³/mol. The molecule has 2 aromatic carbocycles. The fourth-order valence-corrected chi connectivity index (χ4v) is 3.18. The molecule has 7 nitrogen and oxygen atoms in total. The molecule has 0 radical (unpaired) electrons. The van der Waals surface area contributed by atoms with Crippen LogP contribution in [0.2, 0.25) is 0 Å². The van der Waals surface area contributed by atoms with Gasteiger partial charge in [-0.05, 0) is 42.7 Å². The van der Waals surface area contributed by atoms with Gasteiger partial charge in [-0.2, -0.15) is 5.10 Å². The molecule has 1 N–H and O–H groups in total. The van der Waals surface area contributed by atoms with E-state index in [9.17, 15) is 4.79 Å². The van der Waals surface area contributed by atoms with Crippen molar-refractivity contribution >= 4 is 6.09 Å². The van der Waals surface area contributed by atoms with Crippen LogP contribution >= 0.6 is 0 Å². The molecule has 0 fully saturated rings. The van der Waals surface area contributed by atoms with Crippen LogP contribution in [0.25, 0.3) is 5.69 Å². The number of para-hydroxylation sites is 1. The lowest BCUT2D eigenvalue weighted by molar-refractivity contribution is 0.200. The fourth-order valence-electron chi connectivity index (χ4n) is 3.18. The van der Waals surface area contributed by atoms with E-state index in [0.717, 1.165) is 29.8 Å². The van der Waals surface area contributed by atoms with Crippen molar-refractivity contribution in [2.75, 3.05) is 20.8 Å². The summed E-state index contributed by atoms with van der Waals surface area (Å²) >= 11 is 0. The van der Waals surface area contributed by atoms with Crippen molar-refractivity contribution < 1.29 is 19.0 Å². The third kappa shape index (κ3) is 5.11. The second-order valence-electron chi connectivity index (χ2n) is 6.71. The quantitative estimate of drug-likeness (QED) is 0.574. The smallest absolute Gasteiger partial charge is 0.412 e. The highest BCUT2D eigenvalue weighted by Gasteiger charge is 2.16. The van der Waals surface area contributed by atoms with Crippen molar-refractivity contribution in [1.82, 2.24) is 15.1 Å². The van der Waals surface area contributed by atoms with E-state index >= 15 is 0 Å². The highest BCUT2D eigenvalue weighted by molar-refractivity contribution is 5.70. The molecule has 0 aliphatic rings. The fraction of sp³-hybridized carbons (Fsp3) is 0.304. The molecule has 1 heterocycles. The lowest BCUT2D eigenvalue weighted by Crippen LogP contribution is -2.29. The van der Waals surface area contributed by atoms with Gasteiger partial charge in [-0.15, -0.1) is 0 Å². The predicted octanol–water partition coefficient (Wildman–Crippen LogP) is 4.17. The van der Waals surface area contributed by atoms with Crippen LogP contribution in [0, 0.1) is 0 Å². The van der Waals surface area contributed by atoms with E-state index in [1.807, 2.05) is 53.2 Å². The summed E-state index contributed by atoms with van der Waals surface area (Å²) in [5.74, 6) is 1.81. The molecule has 0 atom stereocenters. The first-order valence-corrected chi connectivity index (χ1v) is 9.95. The molecule has 1 amide bonds. The van der Waals surface area contributed by atoms with E-state index in [0.29, 0.717) is 30.2 Å². The lowest BCUT2D eigenvalue weighted by atomic mass is 10.1. The van der Waals surface area contributed by atoms with Crippen molar-refractivity contribution in [3.63, 3.8) is 0 Å². The topological polar surface area (TPSA) is 74.6 Å². The van der Waals surface area contributed by atoms with Gasteiger partial charge in [0.2, 0.25) is 0 Å². The monoisotopic (exact) mass is 409 g/mol. The minimum Gasteiger partial charge on any atom is -0.493 e. The second-order valence-corrected chi connectivity index (χ2v) is 6.71. The summed E-state index contributed by atoms with van der Waals surface area (Å²) < 4.78 is 17.9. The number of rotatable bonds is 9. The minimum absolute atomic E-state index is 0.435. The Hall–Kier alpha value is -3.48.